The largest absolute Gasteiger partial charge is 0.399 e. The van der Waals surface area contributed by atoms with Crippen LogP contribution in [0.5, 0.6) is 0 Å². The van der Waals surface area contributed by atoms with Crippen molar-refractivity contribution >= 4 is 11.6 Å². The zero-order valence-electron chi connectivity index (χ0n) is 12.2. The summed E-state index contributed by atoms with van der Waals surface area (Å²) in [6.07, 6.45) is 0.105. The van der Waals surface area contributed by atoms with Gasteiger partial charge in [0, 0.05) is 17.8 Å². The van der Waals surface area contributed by atoms with Crippen LogP contribution in [0.4, 0.5) is 5.69 Å². The Morgan fingerprint density at radius 2 is 2.05 bits per heavy atom. The number of rotatable bonds is 4. The second kappa shape index (κ2) is 6.06. The number of aliphatic hydroxyl groups is 1. The minimum atomic E-state index is -0.537. The lowest BCUT2D eigenvalue weighted by atomic mass is 9.89. The molecule has 0 aliphatic carbocycles. The number of carbonyl (C=O) groups is 1. The molecule has 0 heterocycles. The van der Waals surface area contributed by atoms with Gasteiger partial charge < -0.3 is 16.2 Å². The molecule has 0 radical (unpaired) electrons. The van der Waals surface area contributed by atoms with Crippen molar-refractivity contribution in [3.8, 4) is 0 Å². The zero-order valence-corrected chi connectivity index (χ0v) is 12.2. The number of carbonyl (C=O) groups excluding carboxylic acids is 1. The summed E-state index contributed by atoms with van der Waals surface area (Å²) in [5.74, 6) is -0.197. The smallest absolute Gasteiger partial charge is 0.251 e. The molecule has 19 heavy (non-hydrogen) atoms. The molecule has 1 aromatic carbocycles. The number of aryl methyl sites for hydroxylation is 1. The highest BCUT2D eigenvalue weighted by molar-refractivity contribution is 5.96. The van der Waals surface area contributed by atoms with Crippen LogP contribution < -0.4 is 11.1 Å². The lowest BCUT2D eigenvalue weighted by Gasteiger charge is -2.22. The first-order valence-electron chi connectivity index (χ1n) is 6.51. The second-order valence-corrected chi connectivity index (χ2v) is 6.20. The van der Waals surface area contributed by atoms with Crippen molar-refractivity contribution in [2.75, 3.05) is 12.3 Å². The van der Waals surface area contributed by atoms with Gasteiger partial charge in [0.15, 0.2) is 0 Å². The van der Waals surface area contributed by atoms with Gasteiger partial charge in [-0.25, -0.2) is 0 Å². The molecule has 1 amide bonds. The monoisotopic (exact) mass is 264 g/mol. The number of nitrogen functional groups attached to an aromatic ring is 1. The Hall–Kier alpha value is -1.55. The van der Waals surface area contributed by atoms with Crippen LogP contribution in [-0.2, 0) is 0 Å². The van der Waals surface area contributed by atoms with Gasteiger partial charge in [-0.1, -0.05) is 26.8 Å². The maximum atomic E-state index is 12.0. The predicted molar refractivity (Wildman–Crippen MR) is 78.0 cm³/mol. The molecule has 0 aliphatic rings. The highest BCUT2D eigenvalue weighted by Crippen LogP contribution is 2.20. The molecule has 0 spiro atoms. The van der Waals surface area contributed by atoms with E-state index in [2.05, 4.69) is 26.1 Å². The quantitative estimate of drug-likeness (QED) is 0.729. The van der Waals surface area contributed by atoms with Gasteiger partial charge in [-0.2, -0.15) is 0 Å². The number of nitrogens with two attached hydrogens (primary N) is 1. The highest BCUT2D eigenvalue weighted by Gasteiger charge is 2.18. The van der Waals surface area contributed by atoms with Crippen molar-refractivity contribution < 1.29 is 9.90 Å². The van der Waals surface area contributed by atoms with Crippen LogP contribution in [0.25, 0.3) is 0 Å². The number of anilines is 1. The molecule has 1 atom stereocenters. The van der Waals surface area contributed by atoms with Crippen LogP contribution in [-0.4, -0.2) is 23.7 Å². The van der Waals surface area contributed by atoms with Gasteiger partial charge in [0.05, 0.1) is 6.10 Å². The molecule has 0 aliphatic heterocycles. The van der Waals surface area contributed by atoms with Gasteiger partial charge in [0.2, 0.25) is 0 Å². The van der Waals surface area contributed by atoms with Gasteiger partial charge in [-0.3, -0.25) is 4.79 Å². The summed E-state index contributed by atoms with van der Waals surface area (Å²) in [6.45, 7) is 8.28. The Morgan fingerprint density at radius 3 is 2.63 bits per heavy atom. The van der Waals surface area contributed by atoms with E-state index in [4.69, 9.17) is 5.73 Å². The summed E-state index contributed by atoms with van der Waals surface area (Å²) in [5, 5.41) is 12.6. The van der Waals surface area contributed by atoms with Crippen molar-refractivity contribution in [3.05, 3.63) is 29.3 Å². The van der Waals surface area contributed by atoms with E-state index >= 15 is 0 Å². The van der Waals surface area contributed by atoms with E-state index < -0.39 is 6.10 Å². The molecule has 4 N–H and O–H groups in total. The fourth-order valence-electron chi connectivity index (χ4n) is 1.97. The van der Waals surface area contributed by atoms with Crippen molar-refractivity contribution in [2.24, 2.45) is 5.41 Å². The van der Waals surface area contributed by atoms with E-state index in [1.807, 2.05) is 13.0 Å². The normalized spacial score (nSPS) is 13.1. The van der Waals surface area contributed by atoms with Crippen LogP contribution in [0.15, 0.2) is 18.2 Å². The second-order valence-electron chi connectivity index (χ2n) is 6.20. The molecule has 4 heteroatoms. The van der Waals surface area contributed by atoms with E-state index in [0.29, 0.717) is 17.7 Å². The number of amides is 1. The van der Waals surface area contributed by atoms with Crippen molar-refractivity contribution in [1.82, 2.24) is 5.32 Å². The number of hydrogen-bond donors (Lipinski definition) is 3. The summed E-state index contributed by atoms with van der Waals surface area (Å²) in [6, 6.07) is 5.23. The van der Waals surface area contributed by atoms with E-state index in [1.165, 1.54) is 0 Å². The fourth-order valence-corrected chi connectivity index (χ4v) is 1.97. The molecule has 0 fully saturated rings. The average molecular weight is 264 g/mol. The summed E-state index contributed by atoms with van der Waals surface area (Å²) in [5.41, 5.74) is 7.71. The first-order chi connectivity index (χ1) is 8.69. The molecule has 1 aromatic rings. The Labute approximate surface area is 115 Å². The van der Waals surface area contributed by atoms with Gasteiger partial charge >= 0.3 is 0 Å². The SMILES string of the molecule is Cc1ccc(N)cc1C(=O)NCC(O)CC(C)(C)C. The van der Waals surface area contributed by atoms with Crippen molar-refractivity contribution in [2.45, 2.75) is 40.2 Å². The minimum Gasteiger partial charge on any atom is -0.399 e. The van der Waals surface area contributed by atoms with Crippen molar-refractivity contribution in [3.63, 3.8) is 0 Å². The molecular weight excluding hydrogens is 240 g/mol. The third-order valence-corrected chi connectivity index (χ3v) is 2.85. The van der Waals surface area contributed by atoms with Gasteiger partial charge in [-0.05, 0) is 36.5 Å². The maximum Gasteiger partial charge on any atom is 0.251 e. The summed E-state index contributed by atoms with van der Waals surface area (Å²) < 4.78 is 0. The Bertz CT molecular complexity index is 450. The Balaban J connectivity index is 2.58. The van der Waals surface area contributed by atoms with Gasteiger partial charge in [0.25, 0.3) is 5.91 Å². The Morgan fingerprint density at radius 1 is 1.42 bits per heavy atom. The standard InChI is InChI=1S/C15H24N2O2/c1-10-5-6-11(16)7-13(10)14(19)17-9-12(18)8-15(2,3)4/h5-7,12,18H,8-9,16H2,1-4H3,(H,17,19). The number of benzene rings is 1. The molecule has 0 aromatic heterocycles. The lowest BCUT2D eigenvalue weighted by molar-refractivity contribution is 0.0868. The number of aliphatic hydroxyl groups excluding tert-OH is 1. The lowest BCUT2D eigenvalue weighted by Crippen LogP contribution is -2.34. The average Bonchev–Trinajstić information content (AvgIpc) is 2.27. The first kappa shape index (κ1) is 15.5. The third-order valence-electron chi connectivity index (χ3n) is 2.85. The molecule has 1 unspecified atom stereocenters. The van der Waals surface area contributed by atoms with E-state index in [1.54, 1.807) is 12.1 Å². The van der Waals surface area contributed by atoms with Crippen LogP contribution in [0.1, 0.15) is 43.1 Å². The molecule has 4 nitrogen and oxygen atoms in total. The van der Waals surface area contributed by atoms with E-state index in [-0.39, 0.29) is 17.9 Å². The molecule has 0 saturated heterocycles. The molecule has 0 saturated carbocycles. The highest BCUT2D eigenvalue weighted by atomic mass is 16.3. The van der Waals surface area contributed by atoms with E-state index in [0.717, 1.165) is 5.56 Å². The fraction of sp³-hybridized carbons (Fsp3) is 0.533. The molecule has 0 bridgehead atoms. The topological polar surface area (TPSA) is 75.4 Å². The predicted octanol–water partition coefficient (Wildman–Crippen LogP) is 2.10. The molecular formula is C15H24N2O2. The van der Waals surface area contributed by atoms with Crippen LogP contribution in [0.3, 0.4) is 0 Å². The van der Waals surface area contributed by atoms with Gasteiger partial charge in [-0.15, -0.1) is 0 Å². The van der Waals surface area contributed by atoms with E-state index in [9.17, 15) is 9.90 Å². The van der Waals surface area contributed by atoms with Crippen molar-refractivity contribution in [1.29, 1.82) is 0 Å². The molecule has 1 rings (SSSR count). The summed E-state index contributed by atoms with van der Waals surface area (Å²) >= 11 is 0. The zero-order chi connectivity index (χ0) is 14.6. The molecule has 106 valence electrons. The number of hydrogen-bond acceptors (Lipinski definition) is 3. The van der Waals surface area contributed by atoms with Crippen LogP contribution in [0.2, 0.25) is 0 Å². The Kier molecular flexibility index (Phi) is 4.95. The van der Waals surface area contributed by atoms with Crippen LogP contribution in [0, 0.1) is 12.3 Å². The maximum absolute atomic E-state index is 12.0. The summed E-state index contributed by atoms with van der Waals surface area (Å²) in [4.78, 5) is 12.0. The number of nitrogens with one attached hydrogen (secondary N) is 1. The minimum absolute atomic E-state index is 0.0389. The van der Waals surface area contributed by atoms with Gasteiger partial charge in [0.1, 0.15) is 0 Å². The van der Waals surface area contributed by atoms with Crippen LogP contribution >= 0.6 is 0 Å². The third kappa shape index (κ3) is 5.30. The summed E-state index contributed by atoms with van der Waals surface area (Å²) in [7, 11) is 0. The first-order valence-corrected chi connectivity index (χ1v) is 6.51.